The lowest BCUT2D eigenvalue weighted by atomic mass is 10.1. The topological polar surface area (TPSA) is 39.2 Å². The fourth-order valence-corrected chi connectivity index (χ4v) is 1.42. The van der Waals surface area contributed by atoms with Gasteiger partial charge in [-0.05, 0) is 31.9 Å². The average Bonchev–Trinajstić information content (AvgIpc) is 2.22. The predicted molar refractivity (Wildman–Crippen MR) is 63.8 cm³/mol. The van der Waals surface area contributed by atoms with E-state index in [2.05, 4.69) is 11.9 Å². The number of unbranched alkanes of at least 4 members (excludes halogenated alkanes) is 1. The van der Waals surface area contributed by atoms with Gasteiger partial charge >= 0.3 is 0 Å². The third kappa shape index (κ3) is 4.01. The van der Waals surface area contributed by atoms with Crippen LogP contribution in [0.2, 0.25) is 0 Å². The number of carbonyl (C=O) groups is 1. The highest BCUT2D eigenvalue weighted by Gasteiger charge is 2.05. The van der Waals surface area contributed by atoms with Crippen LogP contribution in [0.25, 0.3) is 0 Å². The normalized spacial score (nSPS) is 10.2. The number of aromatic nitrogens is 1. The van der Waals surface area contributed by atoms with E-state index < -0.39 is 0 Å². The van der Waals surface area contributed by atoms with Gasteiger partial charge in [-0.15, -0.1) is 0 Å². The van der Waals surface area contributed by atoms with Crippen LogP contribution in [0, 0.1) is 6.92 Å². The van der Waals surface area contributed by atoms with Gasteiger partial charge in [0.2, 0.25) is 0 Å². The monoisotopic (exact) mass is 221 g/mol. The fourth-order valence-electron chi connectivity index (χ4n) is 1.42. The second-order valence-electron chi connectivity index (χ2n) is 4.00. The first-order valence-electron chi connectivity index (χ1n) is 5.71. The van der Waals surface area contributed by atoms with Gasteiger partial charge in [0.25, 0.3) is 0 Å². The van der Waals surface area contributed by atoms with Crippen molar-refractivity contribution in [2.75, 3.05) is 6.61 Å². The zero-order valence-electron chi connectivity index (χ0n) is 10.2. The summed E-state index contributed by atoms with van der Waals surface area (Å²) < 4.78 is 5.55. The molecule has 1 aromatic heterocycles. The van der Waals surface area contributed by atoms with Crippen molar-refractivity contribution in [1.29, 1.82) is 0 Å². The Morgan fingerprint density at radius 3 is 2.88 bits per heavy atom. The highest BCUT2D eigenvalue weighted by atomic mass is 16.5. The van der Waals surface area contributed by atoms with Crippen molar-refractivity contribution in [2.24, 2.45) is 0 Å². The van der Waals surface area contributed by atoms with Crippen molar-refractivity contribution >= 4 is 5.78 Å². The van der Waals surface area contributed by atoms with Crippen molar-refractivity contribution < 1.29 is 9.53 Å². The van der Waals surface area contributed by atoms with Gasteiger partial charge in [0, 0.05) is 12.1 Å². The van der Waals surface area contributed by atoms with E-state index in [1.165, 1.54) is 0 Å². The van der Waals surface area contributed by atoms with Crippen LogP contribution in [0.5, 0.6) is 5.75 Å². The molecule has 0 aliphatic heterocycles. The Labute approximate surface area is 96.8 Å². The molecule has 0 unspecified atom stereocenters. The molecule has 16 heavy (non-hydrogen) atoms. The maximum Gasteiger partial charge on any atom is 0.137 e. The van der Waals surface area contributed by atoms with E-state index in [0.29, 0.717) is 13.0 Å². The Morgan fingerprint density at radius 1 is 1.50 bits per heavy atom. The molecule has 0 atom stereocenters. The maximum absolute atomic E-state index is 11.1. The number of ketones is 1. The Hall–Kier alpha value is -1.38. The summed E-state index contributed by atoms with van der Waals surface area (Å²) in [5.74, 6) is 0.908. The van der Waals surface area contributed by atoms with Crippen molar-refractivity contribution in [1.82, 2.24) is 4.98 Å². The van der Waals surface area contributed by atoms with E-state index in [1.807, 2.05) is 13.0 Å². The summed E-state index contributed by atoms with van der Waals surface area (Å²) in [6, 6.07) is 1.92. The van der Waals surface area contributed by atoms with Crippen molar-refractivity contribution in [3.8, 4) is 5.75 Å². The first kappa shape index (κ1) is 12.7. The zero-order chi connectivity index (χ0) is 12.0. The lowest BCUT2D eigenvalue weighted by molar-refractivity contribution is -0.116. The van der Waals surface area contributed by atoms with E-state index in [4.69, 9.17) is 4.74 Å². The molecule has 1 aromatic rings. The molecule has 0 aliphatic carbocycles. The van der Waals surface area contributed by atoms with Crippen molar-refractivity contribution in [3.05, 3.63) is 23.5 Å². The molecule has 1 rings (SSSR count). The smallest absolute Gasteiger partial charge is 0.137 e. The number of aryl methyl sites for hydroxylation is 1. The number of pyridine rings is 1. The molecule has 0 N–H and O–H groups in total. The molecule has 1 heterocycles. The van der Waals surface area contributed by atoms with E-state index in [9.17, 15) is 4.79 Å². The van der Waals surface area contributed by atoms with E-state index in [0.717, 1.165) is 29.8 Å². The van der Waals surface area contributed by atoms with Gasteiger partial charge in [-0.2, -0.15) is 0 Å². The number of carbonyl (C=O) groups excluding carboxylic acids is 1. The maximum atomic E-state index is 11.1. The SMILES string of the molecule is CCCCOc1cnc(C)c(CC(C)=O)c1. The summed E-state index contributed by atoms with van der Waals surface area (Å²) in [6.45, 7) is 6.33. The van der Waals surface area contributed by atoms with Gasteiger partial charge in [-0.1, -0.05) is 13.3 Å². The van der Waals surface area contributed by atoms with Crippen LogP contribution in [0.1, 0.15) is 37.9 Å². The molecule has 3 heteroatoms. The lowest BCUT2D eigenvalue weighted by Gasteiger charge is -2.08. The number of hydrogen-bond donors (Lipinski definition) is 0. The summed E-state index contributed by atoms with van der Waals surface area (Å²) in [5, 5.41) is 0. The molecule has 0 radical (unpaired) electrons. The summed E-state index contributed by atoms with van der Waals surface area (Å²) in [5.41, 5.74) is 1.86. The largest absolute Gasteiger partial charge is 0.492 e. The Bertz CT molecular complexity index is 361. The van der Waals surface area contributed by atoms with Crippen molar-refractivity contribution in [3.63, 3.8) is 0 Å². The summed E-state index contributed by atoms with van der Waals surface area (Å²) in [4.78, 5) is 15.3. The molecule has 0 aromatic carbocycles. The van der Waals surface area contributed by atoms with Gasteiger partial charge in [-0.3, -0.25) is 9.78 Å². The molecule has 0 fully saturated rings. The van der Waals surface area contributed by atoms with E-state index in [-0.39, 0.29) is 5.78 Å². The predicted octanol–water partition coefficient (Wildman–Crippen LogP) is 2.70. The van der Waals surface area contributed by atoms with Gasteiger partial charge in [-0.25, -0.2) is 0 Å². The quantitative estimate of drug-likeness (QED) is 0.693. The van der Waals surface area contributed by atoms with Crippen LogP contribution >= 0.6 is 0 Å². The highest BCUT2D eigenvalue weighted by Crippen LogP contribution is 2.16. The second-order valence-corrected chi connectivity index (χ2v) is 4.00. The fraction of sp³-hybridized carbons (Fsp3) is 0.538. The Morgan fingerprint density at radius 2 is 2.25 bits per heavy atom. The Kier molecular flexibility index (Phi) is 4.96. The number of Topliss-reactive ketones (excluding diaryl/α,β-unsaturated/α-hetero) is 1. The highest BCUT2D eigenvalue weighted by molar-refractivity contribution is 5.78. The van der Waals surface area contributed by atoms with Crippen LogP contribution in [0.4, 0.5) is 0 Å². The Balaban J connectivity index is 2.69. The first-order chi connectivity index (χ1) is 7.63. The van der Waals surface area contributed by atoms with Crippen LogP contribution in [-0.2, 0) is 11.2 Å². The summed E-state index contributed by atoms with van der Waals surface area (Å²) >= 11 is 0. The number of nitrogens with zero attached hydrogens (tertiary/aromatic N) is 1. The standard InChI is InChI=1S/C13H19NO2/c1-4-5-6-16-13-8-12(7-10(2)15)11(3)14-9-13/h8-9H,4-7H2,1-3H3. The number of rotatable bonds is 6. The molecule has 0 aliphatic rings. The molecular formula is C13H19NO2. The van der Waals surface area contributed by atoms with Crippen LogP contribution < -0.4 is 4.74 Å². The molecule has 0 bridgehead atoms. The van der Waals surface area contributed by atoms with Gasteiger partial charge in [0.05, 0.1) is 12.8 Å². The molecule has 0 saturated heterocycles. The summed E-state index contributed by atoms with van der Waals surface area (Å²) in [7, 11) is 0. The lowest BCUT2D eigenvalue weighted by Crippen LogP contribution is -2.03. The zero-order valence-corrected chi connectivity index (χ0v) is 10.2. The molecule has 0 saturated carbocycles. The van der Waals surface area contributed by atoms with Gasteiger partial charge in [0.15, 0.2) is 0 Å². The average molecular weight is 221 g/mol. The number of ether oxygens (including phenoxy) is 1. The van der Waals surface area contributed by atoms with E-state index >= 15 is 0 Å². The molecule has 0 spiro atoms. The third-order valence-electron chi connectivity index (χ3n) is 2.37. The molecule has 88 valence electrons. The van der Waals surface area contributed by atoms with Crippen molar-refractivity contribution in [2.45, 2.75) is 40.0 Å². The van der Waals surface area contributed by atoms with E-state index in [1.54, 1.807) is 13.1 Å². The first-order valence-corrected chi connectivity index (χ1v) is 5.71. The van der Waals surface area contributed by atoms with Gasteiger partial charge < -0.3 is 4.74 Å². The minimum absolute atomic E-state index is 0.149. The molecular weight excluding hydrogens is 202 g/mol. The second kappa shape index (κ2) is 6.26. The van der Waals surface area contributed by atoms with Crippen LogP contribution in [0.3, 0.4) is 0 Å². The van der Waals surface area contributed by atoms with Gasteiger partial charge in [0.1, 0.15) is 11.5 Å². The minimum Gasteiger partial charge on any atom is -0.492 e. The van der Waals surface area contributed by atoms with Crippen LogP contribution in [0.15, 0.2) is 12.3 Å². The molecule has 0 amide bonds. The number of hydrogen-bond acceptors (Lipinski definition) is 3. The third-order valence-corrected chi connectivity index (χ3v) is 2.37. The molecule has 3 nitrogen and oxygen atoms in total. The summed E-state index contributed by atoms with van der Waals surface area (Å²) in [6.07, 6.45) is 4.30. The van der Waals surface area contributed by atoms with Crippen LogP contribution in [-0.4, -0.2) is 17.4 Å². The minimum atomic E-state index is 0.149.